The molecule has 5 rings (SSSR count). The fourth-order valence-electron chi connectivity index (χ4n) is 9.74. The summed E-state index contributed by atoms with van der Waals surface area (Å²) >= 11 is 0. The Kier molecular flexibility index (Phi) is 11.7. The van der Waals surface area contributed by atoms with E-state index in [4.69, 9.17) is 18.9 Å². The van der Waals surface area contributed by atoms with E-state index in [-0.39, 0.29) is 60.6 Å². The highest BCUT2D eigenvalue weighted by atomic mass is 16.7. The predicted molar refractivity (Wildman–Crippen MR) is 182 cm³/mol. The smallest absolute Gasteiger partial charge is 0.504 e. The third-order valence-corrected chi connectivity index (χ3v) is 12.3. The van der Waals surface area contributed by atoms with Gasteiger partial charge in [0.25, 0.3) is 0 Å². The van der Waals surface area contributed by atoms with Gasteiger partial charge in [-0.3, -0.25) is 14.4 Å². The van der Waals surface area contributed by atoms with Crippen molar-refractivity contribution < 1.29 is 53.4 Å². The van der Waals surface area contributed by atoms with E-state index in [1.165, 1.54) is 12.1 Å². The number of ether oxygens (including phenoxy) is 4. The van der Waals surface area contributed by atoms with Gasteiger partial charge in [-0.15, -0.1) is 0 Å². The zero-order valence-electron chi connectivity index (χ0n) is 30.0. The summed E-state index contributed by atoms with van der Waals surface area (Å²) in [4.78, 5) is 52.8. The molecule has 0 radical (unpaired) electrons. The molecule has 3 saturated carbocycles. The number of allylic oxidation sites excluding steroid dienone is 1. The lowest BCUT2D eigenvalue weighted by Gasteiger charge is -2.60. The van der Waals surface area contributed by atoms with Crippen molar-refractivity contribution in [3.63, 3.8) is 0 Å². The van der Waals surface area contributed by atoms with Crippen LogP contribution in [0.15, 0.2) is 23.8 Å². The number of phenolic OH excluding ortho intramolecular Hbond substituents is 2. The second-order valence-corrected chi connectivity index (χ2v) is 15.3. The van der Waals surface area contributed by atoms with Crippen molar-refractivity contribution in [3.05, 3.63) is 29.3 Å². The van der Waals surface area contributed by atoms with Gasteiger partial charge in [-0.05, 0) is 98.3 Å². The van der Waals surface area contributed by atoms with Crippen molar-refractivity contribution in [2.75, 3.05) is 13.2 Å². The van der Waals surface area contributed by atoms with Crippen LogP contribution in [0.5, 0.6) is 17.2 Å². The fourth-order valence-corrected chi connectivity index (χ4v) is 9.74. The average Bonchev–Trinajstić information content (AvgIpc) is 3.36. The Bertz CT molecular complexity index is 1480. The summed E-state index contributed by atoms with van der Waals surface area (Å²) in [6.45, 7) is 7.98. The quantitative estimate of drug-likeness (QED) is 0.0804. The minimum Gasteiger partial charge on any atom is -0.504 e. The first kappa shape index (κ1) is 37.8. The van der Waals surface area contributed by atoms with Crippen molar-refractivity contribution in [1.29, 1.82) is 0 Å². The predicted octanol–water partition coefficient (Wildman–Crippen LogP) is 6.86. The number of Topliss-reactive ketones (excluding diaryl/α,β-unsaturated/α-hetero) is 1. The van der Waals surface area contributed by atoms with E-state index in [9.17, 15) is 34.5 Å². The first-order valence-electron chi connectivity index (χ1n) is 18.4. The SMILES string of the molecule is CCCCCOCc1cc(O)c(O)c(OC(=O)OCC(=O)C2(OC(=O)CCCC)CCC3C4CCC5=CC(=O)CCC5(C)C4C(O)CC32C)c1. The molecule has 1 aromatic rings. The summed E-state index contributed by atoms with van der Waals surface area (Å²) in [6.07, 6.45) is 7.75. The number of esters is 1. The molecule has 0 heterocycles. The number of hydrogen-bond donors (Lipinski definition) is 3. The molecule has 1 aromatic carbocycles. The molecule has 3 fully saturated rings. The van der Waals surface area contributed by atoms with Crippen LogP contribution in [0, 0.1) is 28.6 Å². The largest absolute Gasteiger partial charge is 0.514 e. The maximum absolute atomic E-state index is 14.3. The molecule has 0 spiro atoms. The summed E-state index contributed by atoms with van der Waals surface area (Å²) in [7, 11) is 0. The monoisotopic (exact) mass is 698 g/mol. The molecule has 11 nitrogen and oxygen atoms in total. The van der Waals surface area contributed by atoms with E-state index < -0.39 is 53.1 Å². The molecule has 7 unspecified atom stereocenters. The lowest BCUT2D eigenvalue weighted by Crippen LogP contribution is -2.63. The first-order valence-corrected chi connectivity index (χ1v) is 18.4. The summed E-state index contributed by atoms with van der Waals surface area (Å²) in [5, 5.41) is 32.5. The van der Waals surface area contributed by atoms with Gasteiger partial charge in [-0.1, -0.05) is 52.5 Å². The van der Waals surface area contributed by atoms with Crippen LogP contribution in [0.25, 0.3) is 0 Å². The summed E-state index contributed by atoms with van der Waals surface area (Å²) in [5.74, 6) is -2.60. The van der Waals surface area contributed by atoms with Crippen LogP contribution in [0.4, 0.5) is 4.79 Å². The van der Waals surface area contributed by atoms with E-state index in [1.54, 1.807) is 6.08 Å². The van der Waals surface area contributed by atoms with Crippen LogP contribution in [-0.2, 0) is 35.2 Å². The van der Waals surface area contributed by atoms with Gasteiger partial charge in [0, 0.05) is 24.9 Å². The number of aliphatic hydroxyl groups excluding tert-OH is 1. The standard InChI is InChI=1S/C39H54O11/c1-5-7-9-17-47-22-24-18-29(41)35(45)31(19-24)49-36(46)48-23-32(43)39(50-33(44)10-8-6-2)16-14-28-27-12-11-25-20-26(40)13-15-37(25,3)34(27)30(42)21-38(28,39)4/h18-20,27-28,30,34,41-42,45H,5-17,21-23H2,1-4H3. The van der Waals surface area contributed by atoms with Crippen molar-refractivity contribution in [2.45, 2.75) is 129 Å². The molecule has 11 heteroatoms. The number of hydrogen-bond acceptors (Lipinski definition) is 11. The Hall–Kier alpha value is -3.44. The van der Waals surface area contributed by atoms with Crippen LogP contribution in [0.3, 0.4) is 0 Å². The molecule has 276 valence electrons. The van der Waals surface area contributed by atoms with Gasteiger partial charge >= 0.3 is 12.1 Å². The van der Waals surface area contributed by atoms with Gasteiger partial charge in [0.05, 0.1) is 12.7 Å². The fraction of sp³-hybridized carbons (Fsp3) is 0.692. The van der Waals surface area contributed by atoms with E-state index >= 15 is 0 Å². The zero-order chi connectivity index (χ0) is 36.3. The maximum Gasteiger partial charge on any atom is 0.514 e. The number of ketones is 2. The van der Waals surface area contributed by atoms with Gasteiger partial charge in [0.15, 0.2) is 29.5 Å². The number of aromatic hydroxyl groups is 2. The van der Waals surface area contributed by atoms with E-state index in [0.29, 0.717) is 37.9 Å². The highest BCUT2D eigenvalue weighted by Gasteiger charge is 2.70. The molecular formula is C39H54O11. The Morgan fingerprint density at radius 3 is 2.48 bits per heavy atom. The number of unbranched alkanes of at least 4 members (excludes halogenated alkanes) is 3. The molecule has 4 aliphatic carbocycles. The number of aliphatic hydroxyl groups is 1. The van der Waals surface area contributed by atoms with Crippen molar-refractivity contribution in [2.24, 2.45) is 28.6 Å². The lowest BCUT2D eigenvalue weighted by molar-refractivity contribution is -0.202. The first-order chi connectivity index (χ1) is 23.8. The summed E-state index contributed by atoms with van der Waals surface area (Å²) < 4.78 is 22.3. The lowest BCUT2D eigenvalue weighted by atomic mass is 9.45. The van der Waals surface area contributed by atoms with Crippen LogP contribution < -0.4 is 4.74 Å². The molecule has 50 heavy (non-hydrogen) atoms. The second kappa shape index (κ2) is 15.4. The average molecular weight is 699 g/mol. The van der Waals surface area contributed by atoms with E-state index in [0.717, 1.165) is 44.1 Å². The number of benzene rings is 1. The Morgan fingerprint density at radius 1 is 0.980 bits per heavy atom. The Labute approximate surface area is 294 Å². The minimum atomic E-state index is -1.64. The summed E-state index contributed by atoms with van der Waals surface area (Å²) in [5.41, 5.74) is -1.33. The molecule has 3 N–H and O–H groups in total. The normalized spacial score (nSPS) is 31.5. The topological polar surface area (TPSA) is 166 Å². The van der Waals surface area contributed by atoms with E-state index in [1.807, 2.05) is 13.8 Å². The molecule has 0 aliphatic heterocycles. The van der Waals surface area contributed by atoms with Gasteiger partial charge in [0.1, 0.15) is 0 Å². The van der Waals surface area contributed by atoms with E-state index in [2.05, 4.69) is 13.8 Å². The maximum atomic E-state index is 14.3. The number of rotatable bonds is 14. The third kappa shape index (κ3) is 7.17. The number of phenols is 2. The van der Waals surface area contributed by atoms with Crippen LogP contribution in [0.1, 0.15) is 117 Å². The van der Waals surface area contributed by atoms with Crippen molar-refractivity contribution in [1.82, 2.24) is 0 Å². The Morgan fingerprint density at radius 2 is 1.74 bits per heavy atom. The van der Waals surface area contributed by atoms with Crippen molar-refractivity contribution >= 4 is 23.7 Å². The number of carbonyl (C=O) groups excluding carboxylic acids is 4. The van der Waals surface area contributed by atoms with Gasteiger partial charge in [-0.25, -0.2) is 4.79 Å². The molecule has 0 amide bonds. The number of fused-ring (bicyclic) bond motifs is 5. The molecule has 0 aromatic heterocycles. The van der Waals surface area contributed by atoms with Gasteiger partial charge < -0.3 is 34.3 Å². The highest BCUT2D eigenvalue weighted by molar-refractivity contribution is 5.93. The number of carbonyl (C=O) groups is 4. The highest BCUT2D eigenvalue weighted by Crippen LogP contribution is 2.68. The molecule has 0 saturated heterocycles. The van der Waals surface area contributed by atoms with Crippen LogP contribution in [-0.4, -0.2) is 63.9 Å². The molecule has 0 bridgehead atoms. The second-order valence-electron chi connectivity index (χ2n) is 15.3. The zero-order valence-corrected chi connectivity index (χ0v) is 30.0. The van der Waals surface area contributed by atoms with Gasteiger partial charge in [0.2, 0.25) is 11.5 Å². The van der Waals surface area contributed by atoms with Crippen LogP contribution in [0.2, 0.25) is 0 Å². The van der Waals surface area contributed by atoms with Crippen molar-refractivity contribution in [3.8, 4) is 17.2 Å². The molecule has 4 aliphatic rings. The Balaban J connectivity index is 1.34. The molecule has 7 atom stereocenters. The van der Waals surface area contributed by atoms with Gasteiger partial charge in [-0.2, -0.15) is 0 Å². The third-order valence-electron chi connectivity index (χ3n) is 12.3. The summed E-state index contributed by atoms with van der Waals surface area (Å²) in [6, 6.07) is 2.66. The molecular weight excluding hydrogens is 644 g/mol. The minimum absolute atomic E-state index is 0.0476. The van der Waals surface area contributed by atoms with Crippen LogP contribution >= 0.6 is 0 Å².